The molecule has 160 valence electrons. The van der Waals surface area contributed by atoms with Gasteiger partial charge in [-0.15, -0.1) is 0 Å². The second kappa shape index (κ2) is 10.3. The Hall–Kier alpha value is -2.38. The molecule has 0 saturated carbocycles. The molecule has 1 N–H and O–H groups in total. The molecule has 0 amide bonds. The van der Waals surface area contributed by atoms with Crippen LogP contribution in [0.25, 0.3) is 10.8 Å². The zero-order valence-corrected chi connectivity index (χ0v) is 19.4. The molecule has 4 rings (SSSR count). The van der Waals surface area contributed by atoms with E-state index in [-0.39, 0.29) is 0 Å². The number of thiophene rings is 1. The van der Waals surface area contributed by atoms with E-state index in [9.17, 15) is 4.21 Å². The Labute approximate surface area is 193 Å². The average Bonchev–Trinajstić information content (AvgIpc) is 3.17. The zero-order chi connectivity index (χ0) is 21.6. The second-order valence-electron chi connectivity index (χ2n) is 6.85. The fraction of sp³-hybridized carbons (Fsp3) is 0.167. The highest BCUT2D eigenvalue weighted by molar-refractivity contribution is 7.85. The SMILES string of the molecule is CCCOc1ccc(Oc2sc(S(=O)NCc3cccc4ccccc34)cc2Cl)cc1. The zero-order valence-electron chi connectivity index (χ0n) is 17.0. The summed E-state index contributed by atoms with van der Waals surface area (Å²) in [5, 5.41) is 3.26. The Morgan fingerprint density at radius 3 is 2.55 bits per heavy atom. The molecule has 0 aliphatic carbocycles. The van der Waals surface area contributed by atoms with Crippen LogP contribution in [0.5, 0.6) is 16.6 Å². The predicted molar refractivity (Wildman–Crippen MR) is 129 cm³/mol. The lowest BCUT2D eigenvalue weighted by Crippen LogP contribution is -2.16. The van der Waals surface area contributed by atoms with E-state index in [1.54, 1.807) is 6.07 Å². The Kier molecular flexibility index (Phi) is 7.25. The number of rotatable bonds is 9. The lowest BCUT2D eigenvalue weighted by molar-refractivity contribution is 0.317. The van der Waals surface area contributed by atoms with Crippen LogP contribution in [0.4, 0.5) is 0 Å². The summed E-state index contributed by atoms with van der Waals surface area (Å²) in [6.07, 6.45) is 0.956. The maximum Gasteiger partial charge on any atom is 0.200 e. The van der Waals surface area contributed by atoms with E-state index in [4.69, 9.17) is 21.1 Å². The highest BCUT2D eigenvalue weighted by Gasteiger charge is 2.15. The van der Waals surface area contributed by atoms with Crippen LogP contribution < -0.4 is 14.2 Å². The van der Waals surface area contributed by atoms with Crippen molar-refractivity contribution in [3.8, 4) is 16.6 Å². The van der Waals surface area contributed by atoms with E-state index >= 15 is 0 Å². The average molecular weight is 472 g/mol. The Bertz CT molecular complexity index is 1190. The van der Waals surface area contributed by atoms with Crippen molar-refractivity contribution in [2.45, 2.75) is 24.1 Å². The van der Waals surface area contributed by atoms with Gasteiger partial charge in [0.2, 0.25) is 5.06 Å². The van der Waals surface area contributed by atoms with Gasteiger partial charge in [-0.25, -0.2) is 8.93 Å². The van der Waals surface area contributed by atoms with Crippen LogP contribution in [-0.4, -0.2) is 10.8 Å². The highest BCUT2D eigenvalue weighted by Crippen LogP contribution is 2.39. The first-order valence-corrected chi connectivity index (χ1v) is 12.3. The maximum atomic E-state index is 12.8. The van der Waals surface area contributed by atoms with Crippen molar-refractivity contribution >= 4 is 44.7 Å². The highest BCUT2D eigenvalue weighted by atomic mass is 35.5. The van der Waals surface area contributed by atoms with Crippen molar-refractivity contribution in [3.05, 3.63) is 83.4 Å². The van der Waals surface area contributed by atoms with Gasteiger partial charge in [0.15, 0.2) is 0 Å². The van der Waals surface area contributed by atoms with E-state index in [0.717, 1.165) is 28.5 Å². The van der Waals surface area contributed by atoms with Gasteiger partial charge in [-0.05, 0) is 53.1 Å². The molecule has 0 saturated heterocycles. The Morgan fingerprint density at radius 2 is 1.74 bits per heavy atom. The summed E-state index contributed by atoms with van der Waals surface area (Å²) in [4.78, 5) is 0. The van der Waals surface area contributed by atoms with Gasteiger partial charge in [-0.2, -0.15) is 0 Å². The van der Waals surface area contributed by atoms with Crippen LogP contribution in [0.15, 0.2) is 77.0 Å². The molecule has 7 heteroatoms. The molecular formula is C24H22ClNO3S2. The van der Waals surface area contributed by atoms with Crippen molar-refractivity contribution in [2.24, 2.45) is 0 Å². The number of halogens is 1. The van der Waals surface area contributed by atoms with Gasteiger partial charge < -0.3 is 9.47 Å². The molecule has 0 fully saturated rings. The first-order chi connectivity index (χ1) is 15.1. The predicted octanol–water partition coefficient (Wildman–Crippen LogP) is 6.95. The number of ether oxygens (including phenoxy) is 2. The van der Waals surface area contributed by atoms with Crippen LogP contribution in [0.3, 0.4) is 0 Å². The number of benzene rings is 3. The summed E-state index contributed by atoms with van der Waals surface area (Å²) in [7, 11) is -1.40. The molecule has 0 bridgehead atoms. The normalized spacial score (nSPS) is 12.1. The van der Waals surface area contributed by atoms with Gasteiger partial charge in [0.25, 0.3) is 0 Å². The summed E-state index contributed by atoms with van der Waals surface area (Å²) in [5.74, 6) is 1.44. The Morgan fingerprint density at radius 1 is 1.00 bits per heavy atom. The number of hydrogen-bond acceptors (Lipinski definition) is 4. The van der Waals surface area contributed by atoms with E-state index in [1.165, 1.54) is 11.3 Å². The second-order valence-corrected chi connectivity index (χ2v) is 9.80. The molecule has 4 aromatic rings. The fourth-order valence-electron chi connectivity index (χ4n) is 3.08. The molecule has 0 spiro atoms. The topological polar surface area (TPSA) is 47.6 Å². The summed E-state index contributed by atoms with van der Waals surface area (Å²) < 4.78 is 28.0. The largest absolute Gasteiger partial charge is 0.494 e. The molecule has 4 nitrogen and oxygen atoms in total. The van der Waals surface area contributed by atoms with Gasteiger partial charge in [0, 0.05) is 6.54 Å². The standard InChI is InChI=1S/C24H22ClNO3S2/c1-2-14-28-19-10-12-20(13-11-19)29-24-22(25)15-23(30-24)31(27)26-16-18-8-5-7-17-6-3-4-9-21(17)18/h3-13,15,26H,2,14,16H2,1H3. The van der Waals surface area contributed by atoms with E-state index in [0.29, 0.717) is 33.2 Å². The minimum absolute atomic E-state index is 0.437. The summed E-state index contributed by atoms with van der Waals surface area (Å²) in [6.45, 7) is 3.23. The molecule has 3 aromatic carbocycles. The number of hydrogen-bond donors (Lipinski definition) is 1. The van der Waals surface area contributed by atoms with Crippen molar-refractivity contribution in [3.63, 3.8) is 0 Å². The van der Waals surface area contributed by atoms with Crippen molar-refractivity contribution < 1.29 is 13.7 Å². The minimum Gasteiger partial charge on any atom is -0.494 e. The third-order valence-electron chi connectivity index (χ3n) is 4.60. The van der Waals surface area contributed by atoms with Gasteiger partial charge in [-0.3, -0.25) is 0 Å². The third kappa shape index (κ3) is 5.46. The minimum atomic E-state index is -1.40. The van der Waals surface area contributed by atoms with Crippen molar-refractivity contribution in [1.82, 2.24) is 4.72 Å². The van der Waals surface area contributed by atoms with E-state index < -0.39 is 11.0 Å². The van der Waals surface area contributed by atoms with Crippen LogP contribution in [-0.2, 0) is 17.5 Å². The molecule has 0 aliphatic heterocycles. The molecule has 1 heterocycles. The number of fused-ring (bicyclic) bond motifs is 1. The molecule has 31 heavy (non-hydrogen) atoms. The third-order valence-corrected chi connectivity index (χ3v) is 7.39. The van der Waals surface area contributed by atoms with Gasteiger partial charge >= 0.3 is 0 Å². The Balaban J connectivity index is 1.41. The molecular weight excluding hydrogens is 450 g/mol. The van der Waals surface area contributed by atoms with Crippen LogP contribution in [0.2, 0.25) is 5.02 Å². The maximum absolute atomic E-state index is 12.8. The van der Waals surface area contributed by atoms with Gasteiger partial charge in [-0.1, -0.05) is 72.3 Å². The number of nitrogens with one attached hydrogen (secondary N) is 1. The lowest BCUT2D eigenvalue weighted by atomic mass is 10.1. The molecule has 1 aromatic heterocycles. The summed E-state index contributed by atoms with van der Waals surface area (Å²) in [5.41, 5.74) is 1.09. The van der Waals surface area contributed by atoms with Crippen molar-refractivity contribution in [1.29, 1.82) is 0 Å². The summed E-state index contributed by atoms with van der Waals surface area (Å²) >= 11 is 7.60. The van der Waals surface area contributed by atoms with Crippen LogP contribution >= 0.6 is 22.9 Å². The molecule has 0 radical (unpaired) electrons. The van der Waals surface area contributed by atoms with Crippen LogP contribution in [0, 0.1) is 0 Å². The smallest absolute Gasteiger partial charge is 0.200 e. The fourth-order valence-corrected chi connectivity index (χ4v) is 5.49. The van der Waals surface area contributed by atoms with E-state index in [2.05, 4.69) is 29.8 Å². The quantitative estimate of drug-likeness (QED) is 0.287. The molecule has 1 atom stereocenters. The van der Waals surface area contributed by atoms with Gasteiger partial charge in [0.1, 0.15) is 26.7 Å². The first kappa shape index (κ1) is 21.8. The summed E-state index contributed by atoms with van der Waals surface area (Å²) in [6, 6.07) is 23.3. The molecule has 0 aliphatic rings. The first-order valence-electron chi connectivity index (χ1n) is 9.96. The van der Waals surface area contributed by atoms with Crippen molar-refractivity contribution in [2.75, 3.05) is 6.61 Å². The lowest BCUT2D eigenvalue weighted by Gasteiger charge is -2.07. The molecule has 1 unspecified atom stereocenters. The van der Waals surface area contributed by atoms with Crippen LogP contribution in [0.1, 0.15) is 18.9 Å². The van der Waals surface area contributed by atoms with Gasteiger partial charge in [0.05, 0.1) is 11.6 Å². The monoisotopic (exact) mass is 471 g/mol. The van der Waals surface area contributed by atoms with E-state index in [1.807, 2.05) is 48.5 Å².